The van der Waals surface area contributed by atoms with Gasteiger partial charge >= 0.3 is 0 Å². The van der Waals surface area contributed by atoms with Crippen LogP contribution in [0.25, 0.3) is 0 Å². The molecule has 2 amide bonds. The van der Waals surface area contributed by atoms with Crippen molar-refractivity contribution in [2.75, 3.05) is 10.8 Å². The predicted octanol–water partition coefficient (Wildman–Crippen LogP) is 8.89. The van der Waals surface area contributed by atoms with E-state index in [4.69, 9.17) is 46.4 Å². The van der Waals surface area contributed by atoms with E-state index in [-0.39, 0.29) is 45.5 Å². The third kappa shape index (κ3) is 9.10. The van der Waals surface area contributed by atoms with Crippen LogP contribution in [0.2, 0.25) is 20.1 Å². The van der Waals surface area contributed by atoms with Crippen molar-refractivity contribution < 1.29 is 18.0 Å². The SMILES string of the molecule is Cc1ccc(S(=O)(=O)N(CC(=O)N(Cc2c(Cl)cccc2Cl)C(Cc2ccccc2)C(=O)NC2CCCCC2)c2cccc(Cl)c2Cl)cc1. The molecule has 5 rings (SSSR count). The van der Waals surface area contributed by atoms with Crippen molar-refractivity contribution in [3.05, 3.63) is 128 Å². The molecular weight excluding hydrogens is 724 g/mol. The lowest BCUT2D eigenvalue weighted by molar-refractivity contribution is -0.140. The van der Waals surface area contributed by atoms with E-state index in [1.807, 2.05) is 37.3 Å². The monoisotopic (exact) mass is 759 g/mol. The van der Waals surface area contributed by atoms with Crippen LogP contribution in [0.15, 0.2) is 95.9 Å². The molecule has 1 unspecified atom stereocenters. The first kappa shape index (κ1) is 37.0. The minimum Gasteiger partial charge on any atom is -0.352 e. The summed E-state index contributed by atoms with van der Waals surface area (Å²) in [4.78, 5) is 30.4. The van der Waals surface area contributed by atoms with Gasteiger partial charge in [0.2, 0.25) is 11.8 Å². The van der Waals surface area contributed by atoms with Gasteiger partial charge in [-0.15, -0.1) is 0 Å². The van der Waals surface area contributed by atoms with Gasteiger partial charge in [0.05, 0.1) is 20.6 Å². The molecule has 0 heterocycles. The molecule has 1 aliphatic rings. The summed E-state index contributed by atoms with van der Waals surface area (Å²) in [6.07, 6.45) is 4.94. The van der Waals surface area contributed by atoms with Crippen molar-refractivity contribution in [2.45, 2.75) is 69.0 Å². The number of hydrogen-bond donors (Lipinski definition) is 1. The molecule has 1 saturated carbocycles. The minimum atomic E-state index is -4.37. The van der Waals surface area contributed by atoms with Crippen LogP contribution in [0.5, 0.6) is 0 Å². The van der Waals surface area contributed by atoms with E-state index >= 15 is 0 Å². The van der Waals surface area contributed by atoms with Gasteiger partial charge in [0.15, 0.2) is 0 Å². The number of rotatable bonds is 12. The summed E-state index contributed by atoms with van der Waals surface area (Å²) < 4.78 is 29.6. The van der Waals surface area contributed by atoms with Gasteiger partial charge in [-0.3, -0.25) is 13.9 Å². The molecule has 49 heavy (non-hydrogen) atoms. The summed E-state index contributed by atoms with van der Waals surface area (Å²) in [6.45, 7) is 0.990. The van der Waals surface area contributed by atoms with Gasteiger partial charge in [0.1, 0.15) is 12.6 Å². The number of carbonyl (C=O) groups is 2. The van der Waals surface area contributed by atoms with E-state index in [0.717, 1.165) is 47.5 Å². The molecule has 0 radical (unpaired) electrons. The Labute approximate surface area is 308 Å². The van der Waals surface area contributed by atoms with Gasteiger partial charge in [-0.25, -0.2) is 8.42 Å². The number of anilines is 1. The van der Waals surface area contributed by atoms with Gasteiger partial charge in [-0.2, -0.15) is 0 Å². The molecule has 1 aliphatic carbocycles. The van der Waals surface area contributed by atoms with Gasteiger partial charge in [-0.05, 0) is 61.7 Å². The van der Waals surface area contributed by atoms with Crippen LogP contribution in [0.4, 0.5) is 5.69 Å². The first-order chi connectivity index (χ1) is 23.5. The molecule has 0 bridgehead atoms. The molecule has 1 atom stereocenters. The molecule has 1 fully saturated rings. The van der Waals surface area contributed by atoms with Gasteiger partial charge in [-0.1, -0.05) is 126 Å². The van der Waals surface area contributed by atoms with Gasteiger partial charge < -0.3 is 10.2 Å². The fourth-order valence-electron chi connectivity index (χ4n) is 5.99. The molecule has 4 aromatic rings. The van der Waals surface area contributed by atoms with Crippen LogP contribution in [0.3, 0.4) is 0 Å². The highest BCUT2D eigenvalue weighted by atomic mass is 35.5. The zero-order chi connectivity index (χ0) is 35.1. The molecule has 0 aliphatic heterocycles. The molecule has 258 valence electrons. The Morgan fingerprint density at radius 1 is 0.796 bits per heavy atom. The quantitative estimate of drug-likeness (QED) is 0.156. The first-order valence-corrected chi connectivity index (χ1v) is 19.0. The van der Waals surface area contributed by atoms with E-state index in [1.54, 1.807) is 36.4 Å². The molecule has 1 N–H and O–H groups in total. The third-order valence-electron chi connectivity index (χ3n) is 8.70. The minimum absolute atomic E-state index is 0.0186. The molecule has 0 spiro atoms. The van der Waals surface area contributed by atoms with Gasteiger partial charge in [0.25, 0.3) is 10.0 Å². The highest BCUT2D eigenvalue weighted by Crippen LogP contribution is 2.36. The molecule has 7 nitrogen and oxygen atoms in total. The molecule has 0 saturated heterocycles. The Morgan fingerprint density at radius 2 is 1.41 bits per heavy atom. The van der Waals surface area contributed by atoms with E-state index < -0.39 is 28.5 Å². The summed E-state index contributed by atoms with van der Waals surface area (Å²) in [5.74, 6) is -1.01. The molecule has 12 heteroatoms. The largest absolute Gasteiger partial charge is 0.352 e. The standard InChI is InChI=1S/C37H37Cl4N3O4S/c1-25-18-20-28(21-19-25)49(47,48)44(33-17-9-16-32(40)36(33)41)24-35(45)43(23-29-30(38)14-8-15-31(29)39)34(22-26-10-4-2-5-11-26)37(46)42-27-12-6-3-7-13-27/h2,4-5,8-11,14-21,27,34H,3,6-7,12-13,22-24H2,1H3,(H,42,46). The van der Waals surface area contributed by atoms with Crippen molar-refractivity contribution in [3.8, 4) is 0 Å². The third-order valence-corrected chi connectivity index (χ3v) is 12.0. The summed E-state index contributed by atoms with van der Waals surface area (Å²) in [7, 11) is -4.37. The number of hydrogen-bond acceptors (Lipinski definition) is 4. The normalized spacial score (nSPS) is 14.2. The number of nitrogens with one attached hydrogen (secondary N) is 1. The Bertz CT molecular complexity index is 1870. The number of amides is 2. The Morgan fingerprint density at radius 3 is 2.06 bits per heavy atom. The lowest BCUT2D eigenvalue weighted by atomic mass is 9.94. The number of carbonyl (C=O) groups excluding carboxylic acids is 2. The van der Waals surface area contributed by atoms with Crippen LogP contribution in [0.1, 0.15) is 48.8 Å². The smallest absolute Gasteiger partial charge is 0.264 e. The summed E-state index contributed by atoms with van der Waals surface area (Å²) in [6, 6.07) is 24.1. The maximum Gasteiger partial charge on any atom is 0.264 e. The van der Waals surface area contributed by atoms with Crippen molar-refractivity contribution in [2.24, 2.45) is 0 Å². The lowest BCUT2D eigenvalue weighted by Gasteiger charge is -2.35. The van der Waals surface area contributed by atoms with Crippen LogP contribution in [-0.4, -0.2) is 43.8 Å². The predicted molar refractivity (Wildman–Crippen MR) is 198 cm³/mol. The maximum atomic E-state index is 14.8. The Kier molecular flexibility index (Phi) is 12.6. The topological polar surface area (TPSA) is 86.8 Å². The van der Waals surface area contributed by atoms with E-state index in [1.165, 1.54) is 29.2 Å². The van der Waals surface area contributed by atoms with Crippen molar-refractivity contribution in [1.29, 1.82) is 0 Å². The zero-order valence-electron chi connectivity index (χ0n) is 26.9. The van der Waals surface area contributed by atoms with E-state index in [9.17, 15) is 18.0 Å². The average Bonchev–Trinajstić information content (AvgIpc) is 3.08. The Hall–Kier alpha value is -3.27. The fourth-order valence-corrected chi connectivity index (χ4v) is 8.38. The molecular formula is C37H37Cl4N3O4S. The van der Waals surface area contributed by atoms with Crippen LogP contribution < -0.4 is 9.62 Å². The second-order valence-electron chi connectivity index (χ2n) is 12.2. The van der Waals surface area contributed by atoms with Crippen LogP contribution in [-0.2, 0) is 32.6 Å². The van der Waals surface area contributed by atoms with E-state index in [0.29, 0.717) is 15.6 Å². The number of nitrogens with zero attached hydrogens (tertiary/aromatic N) is 2. The maximum absolute atomic E-state index is 14.8. The highest BCUT2D eigenvalue weighted by molar-refractivity contribution is 7.92. The summed E-state index contributed by atoms with van der Waals surface area (Å²) in [5, 5.41) is 3.87. The molecule has 0 aromatic heterocycles. The number of aryl methyl sites for hydroxylation is 1. The van der Waals surface area contributed by atoms with Crippen LogP contribution >= 0.6 is 46.4 Å². The fraction of sp³-hybridized carbons (Fsp3) is 0.297. The Balaban J connectivity index is 1.61. The summed E-state index contributed by atoms with van der Waals surface area (Å²) in [5.41, 5.74) is 2.12. The number of halogens is 4. The van der Waals surface area contributed by atoms with Gasteiger partial charge in [0, 0.05) is 34.6 Å². The van der Waals surface area contributed by atoms with Crippen molar-refractivity contribution in [1.82, 2.24) is 10.2 Å². The highest BCUT2D eigenvalue weighted by Gasteiger charge is 2.36. The number of sulfonamides is 1. The summed E-state index contributed by atoms with van der Waals surface area (Å²) >= 11 is 26.2. The van der Waals surface area contributed by atoms with Crippen molar-refractivity contribution >= 4 is 73.9 Å². The second-order valence-corrected chi connectivity index (χ2v) is 15.6. The van der Waals surface area contributed by atoms with Crippen LogP contribution in [0, 0.1) is 6.92 Å². The zero-order valence-corrected chi connectivity index (χ0v) is 30.8. The second kappa shape index (κ2) is 16.6. The van der Waals surface area contributed by atoms with Crippen molar-refractivity contribution in [3.63, 3.8) is 0 Å². The van der Waals surface area contributed by atoms with E-state index in [2.05, 4.69) is 5.32 Å². The molecule has 4 aromatic carbocycles. The lowest BCUT2D eigenvalue weighted by Crippen LogP contribution is -2.55. The first-order valence-electron chi connectivity index (χ1n) is 16.1. The number of benzene rings is 4. The average molecular weight is 762 g/mol.